The van der Waals surface area contributed by atoms with Gasteiger partial charge in [-0.25, -0.2) is 5.43 Å². The molecule has 0 atom stereocenters. The summed E-state index contributed by atoms with van der Waals surface area (Å²) in [7, 11) is 0. The second kappa shape index (κ2) is 4.40. The van der Waals surface area contributed by atoms with Crippen LogP contribution in [0.25, 0.3) is 0 Å². The average molecular weight is 193 g/mol. The van der Waals surface area contributed by atoms with Gasteiger partial charge in [-0.2, -0.15) is 5.26 Å². The summed E-state index contributed by atoms with van der Waals surface area (Å²) >= 11 is 4.85. The minimum atomic E-state index is 0.449. The van der Waals surface area contributed by atoms with Gasteiger partial charge in [0.2, 0.25) is 5.11 Å². The quantitative estimate of drug-likeness (QED) is 0.433. The van der Waals surface area contributed by atoms with Crippen LogP contribution in [0.15, 0.2) is 24.3 Å². The lowest BCUT2D eigenvalue weighted by molar-refractivity contribution is -0.418. The highest BCUT2D eigenvalue weighted by atomic mass is 32.1. The Morgan fingerprint density at radius 3 is 2.46 bits per heavy atom. The molecule has 66 valence electrons. The molecule has 4 nitrogen and oxygen atoms in total. The van der Waals surface area contributed by atoms with Crippen LogP contribution in [0.3, 0.4) is 0 Å². The van der Waals surface area contributed by atoms with E-state index in [1.165, 1.54) is 0 Å². The molecule has 0 fully saturated rings. The van der Waals surface area contributed by atoms with Gasteiger partial charge in [0.15, 0.2) is 0 Å². The Bertz CT molecular complexity index is 338. The summed E-state index contributed by atoms with van der Waals surface area (Å²) in [6.07, 6.45) is 0. The van der Waals surface area contributed by atoms with Crippen LogP contribution < -0.4 is 16.6 Å². The van der Waals surface area contributed by atoms with E-state index in [9.17, 15) is 0 Å². The number of nitrogens with zero attached hydrogens (tertiary/aromatic N) is 1. The van der Waals surface area contributed by atoms with Crippen molar-refractivity contribution in [3.63, 3.8) is 0 Å². The Hall–Kier alpha value is -1.64. The maximum absolute atomic E-state index is 8.54. The van der Waals surface area contributed by atoms with Crippen molar-refractivity contribution in [3.8, 4) is 6.07 Å². The third-order valence-corrected chi connectivity index (χ3v) is 1.68. The molecule has 0 aromatic heterocycles. The molecule has 5 heteroatoms. The molecule has 0 aliphatic carbocycles. The first-order valence-corrected chi connectivity index (χ1v) is 4.01. The van der Waals surface area contributed by atoms with Gasteiger partial charge in [0.1, 0.15) is 0 Å². The van der Waals surface area contributed by atoms with Crippen molar-refractivity contribution >= 4 is 23.0 Å². The molecule has 1 aromatic carbocycles. The first kappa shape index (κ1) is 9.45. The zero-order valence-corrected chi connectivity index (χ0v) is 7.69. The average Bonchev–Trinajstić information content (AvgIpc) is 2.19. The van der Waals surface area contributed by atoms with Crippen LogP contribution in [0, 0.1) is 11.3 Å². The van der Waals surface area contributed by atoms with Crippen molar-refractivity contribution in [1.29, 1.82) is 5.26 Å². The predicted octanol–water partition coefficient (Wildman–Crippen LogP) is 0.00158. The monoisotopic (exact) mass is 193 g/mol. The molecular weight excluding hydrogens is 184 g/mol. The number of quaternary nitrogens is 1. The standard InChI is InChI=1S/C8H8N4S/c9-5-6-1-3-7(4-2-6)11-8(13)12-10/h1-4H,10H2,(H2,11,12,13)/p+1. The summed E-state index contributed by atoms with van der Waals surface area (Å²) in [5.41, 5.74) is 4.00. The molecule has 0 saturated heterocycles. The van der Waals surface area contributed by atoms with Gasteiger partial charge in [-0.15, -0.1) is 0 Å². The molecule has 13 heavy (non-hydrogen) atoms. The fourth-order valence-electron chi connectivity index (χ4n) is 0.803. The molecule has 0 saturated carbocycles. The highest BCUT2D eigenvalue weighted by molar-refractivity contribution is 7.80. The lowest BCUT2D eigenvalue weighted by Crippen LogP contribution is -2.68. The molecule has 0 amide bonds. The fourth-order valence-corrected chi connectivity index (χ4v) is 0.921. The molecule has 0 aliphatic heterocycles. The Kier molecular flexibility index (Phi) is 3.20. The van der Waals surface area contributed by atoms with Gasteiger partial charge in [-0.05, 0) is 36.5 Å². The summed E-state index contributed by atoms with van der Waals surface area (Å²) in [5, 5.41) is 11.9. The number of nitriles is 1. The molecule has 5 N–H and O–H groups in total. The third-order valence-electron chi connectivity index (χ3n) is 1.43. The number of thiocarbonyl (C=S) groups is 1. The largest absolute Gasteiger partial charge is 0.329 e. The van der Waals surface area contributed by atoms with Gasteiger partial charge in [0.25, 0.3) is 0 Å². The molecule has 0 aliphatic rings. The van der Waals surface area contributed by atoms with Gasteiger partial charge < -0.3 is 5.32 Å². The second-order valence-electron chi connectivity index (χ2n) is 2.32. The van der Waals surface area contributed by atoms with Crippen molar-refractivity contribution in [3.05, 3.63) is 29.8 Å². The molecular formula is C8H9N4S+. The Labute approximate surface area is 81.3 Å². The zero-order chi connectivity index (χ0) is 9.68. The van der Waals surface area contributed by atoms with Crippen molar-refractivity contribution < 1.29 is 5.84 Å². The number of anilines is 1. The minimum Gasteiger partial charge on any atom is -0.329 e. The molecule has 0 heterocycles. The van der Waals surface area contributed by atoms with E-state index in [4.69, 9.17) is 17.5 Å². The van der Waals surface area contributed by atoms with E-state index in [2.05, 4.69) is 16.6 Å². The Morgan fingerprint density at radius 1 is 1.38 bits per heavy atom. The van der Waals surface area contributed by atoms with E-state index in [1.54, 1.807) is 24.3 Å². The van der Waals surface area contributed by atoms with E-state index in [0.29, 0.717) is 10.7 Å². The first-order chi connectivity index (χ1) is 6.26. The number of nitrogens with one attached hydrogen (secondary N) is 2. The number of rotatable bonds is 1. The van der Waals surface area contributed by atoms with Crippen molar-refractivity contribution in [1.82, 2.24) is 5.43 Å². The maximum atomic E-state index is 8.54. The predicted molar refractivity (Wildman–Crippen MR) is 53.4 cm³/mol. The van der Waals surface area contributed by atoms with Crippen LogP contribution in [0.4, 0.5) is 5.69 Å². The summed E-state index contributed by atoms with van der Waals surface area (Å²) < 4.78 is 0. The van der Waals surface area contributed by atoms with E-state index >= 15 is 0 Å². The molecule has 0 unspecified atom stereocenters. The summed E-state index contributed by atoms with van der Waals surface area (Å²) in [6.45, 7) is 0. The van der Waals surface area contributed by atoms with Gasteiger partial charge >= 0.3 is 0 Å². The van der Waals surface area contributed by atoms with Crippen LogP contribution in [-0.2, 0) is 0 Å². The topological polar surface area (TPSA) is 75.5 Å². The van der Waals surface area contributed by atoms with E-state index < -0.39 is 0 Å². The normalized spacial score (nSPS) is 8.62. The Balaban J connectivity index is 2.71. The number of hydrogen-bond acceptors (Lipinski definition) is 2. The summed E-state index contributed by atoms with van der Waals surface area (Å²) in [5.74, 6) is 3.41. The lowest BCUT2D eigenvalue weighted by atomic mass is 10.2. The highest BCUT2D eigenvalue weighted by Gasteiger charge is 1.95. The minimum absolute atomic E-state index is 0.449. The molecule has 0 spiro atoms. The molecule has 0 radical (unpaired) electrons. The smallest absolute Gasteiger partial charge is 0.217 e. The number of hydrogen-bond donors (Lipinski definition) is 3. The van der Waals surface area contributed by atoms with Crippen molar-refractivity contribution in [2.75, 3.05) is 5.32 Å². The van der Waals surface area contributed by atoms with E-state index in [1.807, 2.05) is 6.07 Å². The maximum Gasteiger partial charge on any atom is 0.217 e. The van der Waals surface area contributed by atoms with Crippen LogP contribution in [-0.4, -0.2) is 5.11 Å². The molecule has 0 bridgehead atoms. The summed E-state index contributed by atoms with van der Waals surface area (Å²) in [4.78, 5) is 0. The lowest BCUT2D eigenvalue weighted by Gasteiger charge is -2.03. The van der Waals surface area contributed by atoms with Crippen LogP contribution in [0.2, 0.25) is 0 Å². The van der Waals surface area contributed by atoms with Gasteiger partial charge in [-0.3, -0.25) is 5.84 Å². The zero-order valence-electron chi connectivity index (χ0n) is 6.87. The first-order valence-electron chi connectivity index (χ1n) is 3.60. The van der Waals surface area contributed by atoms with Crippen LogP contribution in [0.1, 0.15) is 5.56 Å². The van der Waals surface area contributed by atoms with Gasteiger partial charge in [0, 0.05) is 5.69 Å². The highest BCUT2D eigenvalue weighted by Crippen LogP contribution is 2.07. The van der Waals surface area contributed by atoms with Crippen molar-refractivity contribution in [2.24, 2.45) is 0 Å². The molecule has 1 aromatic rings. The SMILES string of the molecule is N#Cc1ccc(NC(=S)N[NH3+])cc1. The summed E-state index contributed by atoms with van der Waals surface area (Å²) in [6, 6.07) is 9.03. The van der Waals surface area contributed by atoms with Crippen molar-refractivity contribution in [2.45, 2.75) is 0 Å². The van der Waals surface area contributed by atoms with E-state index in [-0.39, 0.29) is 0 Å². The van der Waals surface area contributed by atoms with Crippen LogP contribution >= 0.6 is 12.2 Å². The van der Waals surface area contributed by atoms with Gasteiger partial charge in [-0.1, -0.05) is 0 Å². The van der Waals surface area contributed by atoms with Crippen LogP contribution in [0.5, 0.6) is 0 Å². The molecule has 1 rings (SSSR count). The van der Waals surface area contributed by atoms with E-state index in [0.717, 1.165) is 5.69 Å². The third kappa shape index (κ3) is 2.71. The van der Waals surface area contributed by atoms with Gasteiger partial charge in [0.05, 0.1) is 11.6 Å². The Morgan fingerprint density at radius 2 is 2.00 bits per heavy atom. The number of benzene rings is 1. The fraction of sp³-hybridized carbons (Fsp3) is 0. The second-order valence-corrected chi connectivity index (χ2v) is 2.73.